The van der Waals surface area contributed by atoms with Gasteiger partial charge >= 0.3 is 0 Å². The lowest BCUT2D eigenvalue weighted by atomic mass is 10.1. The maximum atomic E-state index is 6.91. The molecule has 110 heavy (non-hydrogen) atoms. The van der Waals surface area contributed by atoms with Gasteiger partial charge in [0.15, 0.2) is 28.8 Å². The van der Waals surface area contributed by atoms with E-state index in [1.807, 2.05) is 24.3 Å². The van der Waals surface area contributed by atoms with Crippen molar-refractivity contribution in [1.29, 1.82) is 0 Å². The zero-order valence-electron chi connectivity index (χ0n) is 72.8. The molecule has 0 aliphatic rings. The maximum absolute atomic E-state index is 6.91. The Balaban J connectivity index is 1.70. The van der Waals surface area contributed by atoms with Crippen molar-refractivity contribution >= 4 is 23.3 Å². The Morgan fingerprint density at radius 2 is 0.409 bits per heavy atom. The molecule has 0 fully saturated rings. The molecule has 3 aromatic carbocycles. The van der Waals surface area contributed by atoms with E-state index in [1.165, 1.54) is 347 Å². The summed E-state index contributed by atoms with van der Waals surface area (Å²) in [4.78, 5) is 15.5. The van der Waals surface area contributed by atoms with Gasteiger partial charge in [0.1, 0.15) is 0 Å². The lowest BCUT2D eigenvalue weighted by Gasteiger charge is -2.20. The highest BCUT2D eigenvalue weighted by molar-refractivity contribution is 5.70. The van der Waals surface area contributed by atoms with E-state index in [9.17, 15) is 0 Å². The average Bonchev–Trinajstić information content (AvgIpc) is 0.800. The summed E-state index contributed by atoms with van der Waals surface area (Å²) >= 11 is 0. The summed E-state index contributed by atoms with van der Waals surface area (Å²) < 4.78 is 41.4. The quantitative estimate of drug-likeness (QED) is 0.0412. The number of nitrogens with zero attached hydrogens (tertiary/aromatic N) is 3. The van der Waals surface area contributed by atoms with Crippen LogP contribution in [-0.2, 0) is 0 Å². The first kappa shape index (κ1) is 97.4. The van der Waals surface area contributed by atoms with Gasteiger partial charge in [0.2, 0.25) is 23.4 Å². The Labute approximate surface area is 679 Å². The van der Waals surface area contributed by atoms with E-state index in [2.05, 4.69) is 82.5 Å². The molecule has 0 spiro atoms. The van der Waals surface area contributed by atoms with Crippen LogP contribution < -0.4 is 39.1 Å². The van der Waals surface area contributed by atoms with Crippen molar-refractivity contribution in [2.75, 3.05) is 50.3 Å². The molecule has 0 saturated heterocycles. The summed E-state index contributed by atoms with van der Waals surface area (Å²) in [6, 6.07) is 19.4. The van der Waals surface area contributed by atoms with Gasteiger partial charge in [-0.3, -0.25) is 0 Å². The second-order valence-corrected chi connectivity index (χ2v) is 32.8. The van der Waals surface area contributed by atoms with Gasteiger partial charge in [0, 0.05) is 41.2 Å². The summed E-state index contributed by atoms with van der Waals surface area (Å²) in [5.74, 6) is 5.47. The van der Waals surface area contributed by atoms with Crippen molar-refractivity contribution in [3.8, 4) is 45.9 Å². The van der Waals surface area contributed by atoms with Crippen LogP contribution in [0.4, 0.5) is 23.3 Å². The number of aromatic nitrogens is 3. The van der Waals surface area contributed by atoms with E-state index < -0.39 is 0 Å². The van der Waals surface area contributed by atoms with Gasteiger partial charge in [-0.15, -0.1) is 0 Å². The van der Waals surface area contributed by atoms with Crippen molar-refractivity contribution in [3.63, 3.8) is 0 Å². The highest BCUT2D eigenvalue weighted by Crippen LogP contribution is 2.44. The van der Waals surface area contributed by atoms with E-state index in [1.54, 1.807) is 0 Å². The Hall–Kier alpha value is -4.93. The summed E-state index contributed by atoms with van der Waals surface area (Å²) in [6.07, 6.45) is 84.6. The van der Waals surface area contributed by atoms with Crippen LogP contribution in [-0.4, -0.2) is 54.6 Å². The van der Waals surface area contributed by atoms with E-state index in [0.29, 0.717) is 91.9 Å². The first-order valence-corrected chi connectivity index (χ1v) is 47.9. The first-order valence-electron chi connectivity index (χ1n) is 47.9. The van der Waals surface area contributed by atoms with E-state index in [-0.39, 0.29) is 0 Å². The average molecular weight is 1530 g/mol. The number of benzene rings is 3. The second kappa shape index (κ2) is 73.0. The lowest BCUT2D eigenvalue weighted by molar-refractivity contribution is 0.234. The van der Waals surface area contributed by atoms with Crippen LogP contribution in [0.5, 0.6) is 34.5 Å². The molecule has 0 atom stereocenters. The number of hydrogen-bond donors (Lipinski definition) is 2. The Morgan fingerprint density at radius 1 is 0.227 bits per heavy atom. The van der Waals surface area contributed by atoms with Gasteiger partial charge in [-0.25, -0.2) is 0 Å². The molecule has 1 radical (unpaired) electrons. The predicted molar refractivity (Wildman–Crippen MR) is 475 cm³/mol. The summed E-state index contributed by atoms with van der Waals surface area (Å²) in [7, 11) is 0. The summed E-state index contributed by atoms with van der Waals surface area (Å²) in [5, 5.41) is 7.36. The minimum Gasteiger partial charge on any atom is -0.489 e. The minimum atomic E-state index is 0.389. The second-order valence-electron chi connectivity index (χ2n) is 32.8. The number of unbranched alkanes of at least 4 members (excludes halogenated alkanes) is 60. The standard InChI is InChI=1S/C99H172N5O6/c1-7-13-19-25-31-37-43-49-55-61-70-78-105-91-84-89(85-92(106-79-71-62-56-50-44-38-32-26-20-14-8-2)95(91)109-82-74-65-59-53-47-41-35-29-23-17-11-5)100-98-102-97(88-76-68-67-69-77-88)103-99(104-98)101-90-86-93(107-80-72-63-57-51-45-39-33-27-21-15-9-3)96(110-83-75-66-60-54-48-42-36-30-24-18-12-6)94(87-90)108-81-73-64-58-52-46-40-34-28-22-16-10-4/h68-69,76-77,84-87H,7-66,70-75,78-83H2,1-6H3,(H2,100,101,102,103,104). The Morgan fingerprint density at radius 3 is 0.609 bits per heavy atom. The van der Waals surface area contributed by atoms with E-state index >= 15 is 0 Å². The van der Waals surface area contributed by atoms with Gasteiger partial charge in [-0.05, 0) is 44.6 Å². The summed E-state index contributed by atoms with van der Waals surface area (Å²) in [5.41, 5.74) is 2.37. The molecule has 1 aromatic heterocycles. The minimum absolute atomic E-state index is 0.389. The molecule has 0 aliphatic carbocycles. The zero-order chi connectivity index (χ0) is 78.0. The molecule has 1 heterocycles. The third-order valence-corrected chi connectivity index (χ3v) is 22.2. The normalized spacial score (nSPS) is 11.4. The van der Waals surface area contributed by atoms with Crippen molar-refractivity contribution in [1.82, 2.24) is 15.0 Å². The van der Waals surface area contributed by atoms with Crippen LogP contribution in [0.15, 0.2) is 48.5 Å². The molecule has 0 saturated carbocycles. The van der Waals surface area contributed by atoms with E-state index in [0.717, 1.165) is 94.0 Å². The smallest absolute Gasteiger partial charge is 0.232 e. The molecule has 4 rings (SSSR count). The molecular weight excluding hydrogens is 1360 g/mol. The molecule has 0 bridgehead atoms. The fourth-order valence-electron chi connectivity index (χ4n) is 15.1. The van der Waals surface area contributed by atoms with Gasteiger partial charge in [-0.2, -0.15) is 15.0 Å². The third kappa shape index (κ3) is 52.5. The molecule has 11 heteroatoms. The number of hydrogen-bond acceptors (Lipinski definition) is 11. The molecule has 0 unspecified atom stereocenters. The third-order valence-electron chi connectivity index (χ3n) is 22.2. The Kier molecular flexibility index (Phi) is 64.7. The predicted octanol–water partition coefficient (Wildman–Crippen LogP) is 33.0. The highest BCUT2D eigenvalue weighted by atomic mass is 16.5. The Bertz CT molecular complexity index is 2400. The van der Waals surface area contributed by atoms with Gasteiger partial charge < -0.3 is 39.1 Å². The maximum Gasteiger partial charge on any atom is 0.232 e. The highest BCUT2D eigenvalue weighted by Gasteiger charge is 2.21. The summed E-state index contributed by atoms with van der Waals surface area (Å²) in [6.45, 7) is 17.4. The van der Waals surface area contributed by atoms with Crippen molar-refractivity contribution in [2.24, 2.45) is 0 Å². The molecule has 2 N–H and O–H groups in total. The van der Waals surface area contributed by atoms with Crippen LogP contribution in [0.25, 0.3) is 11.4 Å². The van der Waals surface area contributed by atoms with Crippen LogP contribution >= 0.6 is 0 Å². The van der Waals surface area contributed by atoms with Gasteiger partial charge in [0.25, 0.3) is 0 Å². The van der Waals surface area contributed by atoms with Gasteiger partial charge in [0.05, 0.1) is 39.6 Å². The molecule has 4 aromatic rings. The number of anilines is 4. The van der Waals surface area contributed by atoms with Crippen molar-refractivity contribution in [3.05, 3.63) is 54.6 Å². The van der Waals surface area contributed by atoms with Crippen molar-refractivity contribution in [2.45, 2.75) is 465 Å². The van der Waals surface area contributed by atoms with Crippen molar-refractivity contribution < 1.29 is 28.4 Å². The number of rotatable bonds is 83. The van der Waals surface area contributed by atoms with Crippen LogP contribution in [0.2, 0.25) is 0 Å². The SMILES string of the molecule is CCCCCCCCCCCCCOc1cc(Nc2nc(Nc3cc(OCCCCCCCCCCCCC)c(OCCCCCCCCCCCCC)c(OCCCCCCCCCCCCC)c3)nc(-c3cc[c]cc3)n2)cc(OCCCCCCCCCCCCC)c1OCCCCCCCCCCCCC. The fourth-order valence-corrected chi connectivity index (χ4v) is 15.1. The molecule has 11 nitrogen and oxygen atoms in total. The number of ether oxygens (including phenoxy) is 6. The largest absolute Gasteiger partial charge is 0.489 e. The van der Waals surface area contributed by atoms with Crippen LogP contribution in [0.1, 0.15) is 465 Å². The zero-order valence-corrected chi connectivity index (χ0v) is 72.8. The van der Waals surface area contributed by atoms with E-state index in [4.69, 9.17) is 43.4 Å². The molecular formula is C99H172N5O6. The lowest BCUT2D eigenvalue weighted by Crippen LogP contribution is -2.09. The molecule has 0 aliphatic heterocycles. The monoisotopic (exact) mass is 1530 g/mol. The first-order chi connectivity index (χ1) is 54.5. The fraction of sp³-hybridized carbons (Fsp3) is 0.788. The van der Waals surface area contributed by atoms with Crippen LogP contribution in [0, 0.1) is 6.07 Å². The molecule has 629 valence electrons. The van der Waals surface area contributed by atoms with Crippen LogP contribution in [0.3, 0.4) is 0 Å². The molecule has 0 amide bonds. The topological polar surface area (TPSA) is 118 Å². The number of nitrogens with one attached hydrogen (secondary N) is 2. The van der Waals surface area contributed by atoms with Gasteiger partial charge in [-0.1, -0.05) is 451 Å².